The van der Waals surface area contributed by atoms with Crippen LogP contribution in [0.25, 0.3) is 0 Å². The summed E-state index contributed by atoms with van der Waals surface area (Å²) in [6.45, 7) is 8.61. The maximum absolute atomic E-state index is 12.3. The summed E-state index contributed by atoms with van der Waals surface area (Å²) >= 11 is 3.90. The molecule has 94 valence electrons. The van der Waals surface area contributed by atoms with Crippen molar-refractivity contribution >= 4 is 39.8 Å². The Balaban J connectivity index is 2.04. The molecule has 0 spiro atoms. The molecule has 1 aromatic heterocycles. The van der Waals surface area contributed by atoms with E-state index < -0.39 is 0 Å². The molecule has 0 saturated carbocycles. The summed E-state index contributed by atoms with van der Waals surface area (Å²) in [5.41, 5.74) is 1.16. The van der Waals surface area contributed by atoms with Crippen LogP contribution in [0.4, 0.5) is 0 Å². The Morgan fingerprint density at radius 2 is 2.24 bits per heavy atom. The first-order valence-electron chi connectivity index (χ1n) is 5.91. The topological polar surface area (TPSA) is 20.3 Å². The minimum absolute atomic E-state index is 0.205. The monoisotopic (exact) mass is 363 g/mol. The lowest BCUT2D eigenvalue weighted by atomic mass is 9.80. The van der Waals surface area contributed by atoms with Crippen LogP contribution in [0.15, 0.2) is 11.4 Å². The van der Waals surface area contributed by atoms with E-state index in [2.05, 4.69) is 43.4 Å². The number of amides is 1. The average Bonchev–Trinajstić information content (AvgIpc) is 2.83. The molecule has 1 fully saturated rings. The average molecular weight is 363 g/mol. The number of carbonyl (C=O) groups is 1. The lowest BCUT2D eigenvalue weighted by Gasteiger charge is -2.26. The summed E-state index contributed by atoms with van der Waals surface area (Å²) < 4.78 is 1.18. The molecule has 2 rings (SSSR count). The van der Waals surface area contributed by atoms with Crippen molar-refractivity contribution in [3.8, 4) is 0 Å². The van der Waals surface area contributed by atoms with Gasteiger partial charge >= 0.3 is 0 Å². The highest BCUT2D eigenvalue weighted by Gasteiger charge is 2.34. The molecule has 2 nitrogen and oxygen atoms in total. The molecule has 0 aliphatic carbocycles. The summed E-state index contributed by atoms with van der Waals surface area (Å²) in [5.74, 6) is 0.833. The van der Waals surface area contributed by atoms with Gasteiger partial charge in [-0.05, 0) is 46.4 Å². The molecule has 1 aliphatic rings. The summed E-state index contributed by atoms with van der Waals surface area (Å²) in [5, 5.41) is 1.97. The van der Waals surface area contributed by atoms with Gasteiger partial charge in [-0.2, -0.15) is 0 Å². The Morgan fingerprint density at radius 1 is 1.53 bits per heavy atom. The smallest absolute Gasteiger partial charge is 0.254 e. The first kappa shape index (κ1) is 13.3. The molecule has 1 aromatic rings. The van der Waals surface area contributed by atoms with Gasteiger partial charge in [0.05, 0.1) is 8.45 Å². The number of thiophene rings is 1. The lowest BCUT2D eigenvalue weighted by molar-refractivity contribution is 0.0777. The largest absolute Gasteiger partial charge is 0.338 e. The summed E-state index contributed by atoms with van der Waals surface area (Å²) in [6, 6.07) is 1.98. The Kier molecular flexibility index (Phi) is 3.83. The Morgan fingerprint density at radius 3 is 2.71 bits per heavy atom. The first-order valence-corrected chi connectivity index (χ1v) is 7.87. The van der Waals surface area contributed by atoms with Gasteiger partial charge in [-0.1, -0.05) is 20.8 Å². The maximum Gasteiger partial charge on any atom is 0.254 e. The fourth-order valence-electron chi connectivity index (χ4n) is 2.26. The SMILES string of the molecule is CC(C)(C)C1CCN(C(=O)c2csc(I)c2)C1. The first-order chi connectivity index (χ1) is 7.88. The molecule has 0 aromatic carbocycles. The van der Waals surface area contributed by atoms with Crippen LogP contribution in [-0.2, 0) is 0 Å². The van der Waals surface area contributed by atoms with Gasteiger partial charge in [-0.25, -0.2) is 0 Å². The molecule has 17 heavy (non-hydrogen) atoms. The third-order valence-electron chi connectivity index (χ3n) is 3.51. The zero-order valence-corrected chi connectivity index (χ0v) is 13.5. The molecule has 0 radical (unpaired) electrons. The van der Waals surface area contributed by atoms with Crippen molar-refractivity contribution in [1.29, 1.82) is 0 Å². The van der Waals surface area contributed by atoms with Crippen LogP contribution >= 0.6 is 33.9 Å². The highest BCUT2D eigenvalue weighted by atomic mass is 127. The standard InChI is InChI=1S/C13H18INOS/c1-13(2,3)10-4-5-15(7-10)12(16)9-6-11(14)17-8-9/h6,8,10H,4-5,7H2,1-3H3. The lowest BCUT2D eigenvalue weighted by Crippen LogP contribution is -2.30. The van der Waals surface area contributed by atoms with Crippen molar-refractivity contribution in [3.05, 3.63) is 19.9 Å². The number of carbonyl (C=O) groups excluding carboxylic acids is 1. The van der Waals surface area contributed by atoms with Gasteiger partial charge in [0, 0.05) is 18.5 Å². The van der Waals surface area contributed by atoms with E-state index in [1.807, 2.05) is 16.3 Å². The van der Waals surface area contributed by atoms with Gasteiger partial charge in [0.25, 0.3) is 5.91 Å². The molecule has 0 bridgehead atoms. The normalized spacial score (nSPS) is 20.9. The highest BCUT2D eigenvalue weighted by molar-refractivity contribution is 14.1. The van der Waals surface area contributed by atoms with Crippen LogP contribution in [0, 0.1) is 14.2 Å². The molecule has 0 N–H and O–H groups in total. The van der Waals surface area contributed by atoms with Crippen LogP contribution < -0.4 is 0 Å². The fourth-order valence-corrected chi connectivity index (χ4v) is 3.58. The third kappa shape index (κ3) is 3.02. The molecular weight excluding hydrogens is 345 g/mol. The van der Waals surface area contributed by atoms with Crippen LogP contribution in [0.2, 0.25) is 0 Å². The van der Waals surface area contributed by atoms with E-state index in [4.69, 9.17) is 0 Å². The van der Waals surface area contributed by atoms with E-state index >= 15 is 0 Å². The number of halogens is 1. The van der Waals surface area contributed by atoms with Gasteiger partial charge in [-0.15, -0.1) is 11.3 Å². The Hall–Kier alpha value is -0.100. The third-order valence-corrected chi connectivity index (χ3v) is 5.30. The molecule has 2 heterocycles. The van der Waals surface area contributed by atoms with E-state index in [1.165, 1.54) is 2.88 Å². The van der Waals surface area contributed by atoms with Crippen LogP contribution in [0.3, 0.4) is 0 Å². The van der Waals surface area contributed by atoms with Gasteiger partial charge in [-0.3, -0.25) is 4.79 Å². The minimum atomic E-state index is 0.205. The van der Waals surface area contributed by atoms with Gasteiger partial charge < -0.3 is 4.90 Å². The van der Waals surface area contributed by atoms with Crippen molar-refractivity contribution < 1.29 is 4.79 Å². The second-order valence-electron chi connectivity index (χ2n) is 5.74. The zero-order chi connectivity index (χ0) is 12.6. The van der Waals surface area contributed by atoms with Crippen molar-refractivity contribution in [2.24, 2.45) is 11.3 Å². The van der Waals surface area contributed by atoms with Crippen molar-refractivity contribution in [2.75, 3.05) is 13.1 Å². The van der Waals surface area contributed by atoms with Gasteiger partial charge in [0.2, 0.25) is 0 Å². The van der Waals surface area contributed by atoms with E-state index in [-0.39, 0.29) is 5.91 Å². The minimum Gasteiger partial charge on any atom is -0.338 e. The van der Waals surface area contributed by atoms with Crippen molar-refractivity contribution in [1.82, 2.24) is 4.90 Å². The highest BCUT2D eigenvalue weighted by Crippen LogP contribution is 2.34. The second kappa shape index (κ2) is 4.88. The van der Waals surface area contributed by atoms with Crippen molar-refractivity contribution in [2.45, 2.75) is 27.2 Å². The Bertz CT molecular complexity index is 421. The molecule has 1 amide bonds. The number of hydrogen-bond donors (Lipinski definition) is 0. The molecule has 4 heteroatoms. The molecular formula is C13H18INOS. The predicted octanol–water partition coefficient (Wildman–Crippen LogP) is 3.86. The Labute approximate surface area is 121 Å². The van der Waals surface area contributed by atoms with E-state index in [0.29, 0.717) is 11.3 Å². The molecule has 1 atom stereocenters. The van der Waals surface area contributed by atoms with E-state index in [0.717, 1.165) is 25.1 Å². The zero-order valence-electron chi connectivity index (χ0n) is 10.5. The number of hydrogen-bond acceptors (Lipinski definition) is 2. The van der Waals surface area contributed by atoms with Crippen LogP contribution in [0.1, 0.15) is 37.6 Å². The van der Waals surface area contributed by atoms with E-state index in [1.54, 1.807) is 11.3 Å². The molecule has 1 saturated heterocycles. The number of rotatable bonds is 1. The van der Waals surface area contributed by atoms with Crippen LogP contribution in [0.5, 0.6) is 0 Å². The van der Waals surface area contributed by atoms with Gasteiger partial charge in [0.1, 0.15) is 0 Å². The molecule has 1 unspecified atom stereocenters. The van der Waals surface area contributed by atoms with Gasteiger partial charge in [0.15, 0.2) is 0 Å². The van der Waals surface area contributed by atoms with Crippen molar-refractivity contribution in [3.63, 3.8) is 0 Å². The van der Waals surface area contributed by atoms with E-state index in [9.17, 15) is 4.79 Å². The number of nitrogens with zero attached hydrogens (tertiary/aromatic N) is 1. The summed E-state index contributed by atoms with van der Waals surface area (Å²) in [6.07, 6.45) is 1.14. The number of likely N-dealkylation sites (tertiary alicyclic amines) is 1. The quantitative estimate of drug-likeness (QED) is 0.694. The molecule has 1 aliphatic heterocycles. The van der Waals surface area contributed by atoms with Crippen LogP contribution in [-0.4, -0.2) is 23.9 Å². The summed E-state index contributed by atoms with van der Waals surface area (Å²) in [7, 11) is 0. The fraction of sp³-hybridized carbons (Fsp3) is 0.615. The summed E-state index contributed by atoms with van der Waals surface area (Å²) in [4.78, 5) is 14.3. The second-order valence-corrected chi connectivity index (χ2v) is 8.55. The maximum atomic E-state index is 12.3. The predicted molar refractivity (Wildman–Crippen MR) is 80.5 cm³/mol.